The van der Waals surface area contributed by atoms with Crippen molar-refractivity contribution in [1.29, 1.82) is 0 Å². The van der Waals surface area contributed by atoms with Gasteiger partial charge >= 0.3 is 5.97 Å². The Morgan fingerprint density at radius 2 is 1.95 bits per heavy atom. The van der Waals surface area contributed by atoms with Gasteiger partial charge in [0, 0.05) is 15.9 Å². The van der Waals surface area contributed by atoms with Crippen molar-refractivity contribution in [3.8, 4) is 5.75 Å². The van der Waals surface area contributed by atoms with E-state index in [1.54, 1.807) is 31.4 Å². The lowest BCUT2D eigenvalue weighted by molar-refractivity contribution is -0.385. The molecular weight excluding hydrogens is 294 g/mol. The molecule has 0 aliphatic heterocycles. The van der Waals surface area contributed by atoms with Gasteiger partial charge in [0.1, 0.15) is 11.3 Å². The smallest absolute Gasteiger partial charge is 0.342 e. The summed E-state index contributed by atoms with van der Waals surface area (Å²) in [6.45, 7) is 0. The molecule has 0 heterocycles. The van der Waals surface area contributed by atoms with Crippen LogP contribution in [0.1, 0.15) is 10.4 Å². The van der Waals surface area contributed by atoms with Crippen LogP contribution in [-0.4, -0.2) is 23.1 Å². The molecule has 0 unspecified atom stereocenters. The number of nitro groups is 1. The number of carboxylic acids is 1. The first kappa shape index (κ1) is 14.9. The summed E-state index contributed by atoms with van der Waals surface area (Å²) in [6, 6.07) is 11.3. The number of rotatable bonds is 5. The average Bonchev–Trinajstić information content (AvgIpc) is 2.47. The van der Waals surface area contributed by atoms with Gasteiger partial charge in [0.2, 0.25) is 0 Å². The Labute approximate surface area is 124 Å². The second kappa shape index (κ2) is 6.27. The maximum absolute atomic E-state index is 11.0. The Morgan fingerprint density at radius 1 is 1.24 bits per heavy atom. The molecule has 0 fully saturated rings. The van der Waals surface area contributed by atoms with E-state index in [-0.39, 0.29) is 5.56 Å². The molecule has 0 radical (unpaired) electrons. The van der Waals surface area contributed by atoms with Crippen LogP contribution in [0.2, 0.25) is 0 Å². The Bertz CT molecular complexity index is 702. The molecule has 1 N–H and O–H groups in total. The van der Waals surface area contributed by atoms with Crippen molar-refractivity contribution in [1.82, 2.24) is 0 Å². The SMILES string of the molecule is COc1cccc(Sc2ccc(C(=O)O)c([N+](=O)[O-])c2)c1. The van der Waals surface area contributed by atoms with Gasteiger partial charge in [-0.1, -0.05) is 17.8 Å². The maximum Gasteiger partial charge on any atom is 0.342 e. The minimum atomic E-state index is -1.32. The highest BCUT2D eigenvalue weighted by Gasteiger charge is 2.20. The monoisotopic (exact) mass is 305 g/mol. The quantitative estimate of drug-likeness (QED) is 0.672. The molecule has 2 aromatic carbocycles. The molecule has 0 aliphatic carbocycles. The van der Waals surface area contributed by atoms with Crippen LogP contribution in [0.3, 0.4) is 0 Å². The van der Waals surface area contributed by atoms with Gasteiger partial charge in [-0.3, -0.25) is 10.1 Å². The third-order valence-corrected chi connectivity index (χ3v) is 3.65. The van der Waals surface area contributed by atoms with E-state index in [2.05, 4.69) is 0 Å². The van der Waals surface area contributed by atoms with Crippen LogP contribution >= 0.6 is 11.8 Å². The molecule has 0 saturated heterocycles. The molecule has 21 heavy (non-hydrogen) atoms. The lowest BCUT2D eigenvalue weighted by Gasteiger charge is -2.05. The molecule has 6 nitrogen and oxygen atoms in total. The molecule has 0 saturated carbocycles. The Balaban J connectivity index is 2.34. The van der Waals surface area contributed by atoms with Gasteiger partial charge in [-0.25, -0.2) is 4.79 Å². The summed E-state index contributed by atoms with van der Waals surface area (Å²) < 4.78 is 5.11. The summed E-state index contributed by atoms with van der Waals surface area (Å²) in [5, 5.41) is 19.9. The van der Waals surface area contributed by atoms with Crippen LogP contribution in [-0.2, 0) is 0 Å². The lowest BCUT2D eigenvalue weighted by Crippen LogP contribution is -2.02. The zero-order valence-electron chi connectivity index (χ0n) is 11.0. The zero-order chi connectivity index (χ0) is 15.4. The number of methoxy groups -OCH3 is 1. The second-order valence-electron chi connectivity index (χ2n) is 4.02. The first-order chi connectivity index (χ1) is 10.0. The fraction of sp³-hybridized carbons (Fsp3) is 0.0714. The minimum absolute atomic E-state index is 0.324. The molecule has 0 bridgehead atoms. The summed E-state index contributed by atoms with van der Waals surface area (Å²) in [5.74, 6) is -0.642. The van der Waals surface area contributed by atoms with Crippen LogP contribution in [0.4, 0.5) is 5.69 Å². The third kappa shape index (κ3) is 3.51. The number of ether oxygens (including phenoxy) is 1. The van der Waals surface area contributed by atoms with Crippen LogP contribution in [0.15, 0.2) is 52.3 Å². The molecule has 0 aromatic heterocycles. The van der Waals surface area contributed by atoms with E-state index in [1.807, 2.05) is 6.07 Å². The van der Waals surface area contributed by atoms with Crippen molar-refractivity contribution < 1.29 is 19.6 Å². The Morgan fingerprint density at radius 3 is 2.57 bits per heavy atom. The van der Waals surface area contributed by atoms with Crippen molar-refractivity contribution in [3.05, 3.63) is 58.1 Å². The van der Waals surface area contributed by atoms with Crippen molar-refractivity contribution >= 4 is 23.4 Å². The molecule has 0 spiro atoms. The number of hydrogen-bond acceptors (Lipinski definition) is 5. The van der Waals surface area contributed by atoms with Gasteiger partial charge in [0.05, 0.1) is 12.0 Å². The highest BCUT2D eigenvalue weighted by Crippen LogP contribution is 2.33. The van der Waals surface area contributed by atoms with E-state index in [4.69, 9.17) is 9.84 Å². The minimum Gasteiger partial charge on any atom is -0.497 e. The van der Waals surface area contributed by atoms with Crippen LogP contribution < -0.4 is 4.74 Å². The Hall–Kier alpha value is -2.54. The van der Waals surface area contributed by atoms with Gasteiger partial charge in [-0.05, 0) is 30.3 Å². The van der Waals surface area contributed by atoms with Crippen molar-refractivity contribution in [2.45, 2.75) is 9.79 Å². The molecule has 0 atom stereocenters. The van der Waals surface area contributed by atoms with Gasteiger partial charge in [0.25, 0.3) is 5.69 Å². The van der Waals surface area contributed by atoms with Gasteiger partial charge in [-0.2, -0.15) is 0 Å². The molecule has 0 amide bonds. The fourth-order valence-electron chi connectivity index (χ4n) is 1.71. The molecule has 0 aliphatic rings. The molecule has 108 valence electrons. The standard InChI is InChI=1S/C14H11NO5S/c1-20-9-3-2-4-10(7-9)21-11-5-6-12(14(16)17)13(8-11)15(18)19/h2-8H,1H3,(H,16,17). The summed E-state index contributed by atoms with van der Waals surface area (Å²) >= 11 is 1.29. The fourth-order valence-corrected chi connectivity index (χ4v) is 2.61. The maximum atomic E-state index is 11.0. The van der Waals surface area contributed by atoms with E-state index in [9.17, 15) is 14.9 Å². The lowest BCUT2D eigenvalue weighted by atomic mass is 10.2. The zero-order valence-corrected chi connectivity index (χ0v) is 11.8. The van der Waals surface area contributed by atoms with E-state index in [1.165, 1.54) is 23.9 Å². The number of nitro benzene ring substituents is 1. The van der Waals surface area contributed by atoms with E-state index in [0.717, 1.165) is 4.90 Å². The topological polar surface area (TPSA) is 89.7 Å². The van der Waals surface area contributed by atoms with Crippen LogP contribution in [0.25, 0.3) is 0 Å². The summed E-state index contributed by atoms with van der Waals surface area (Å²) in [7, 11) is 1.55. The van der Waals surface area contributed by atoms with E-state index >= 15 is 0 Å². The number of nitrogens with zero attached hydrogens (tertiary/aromatic N) is 1. The molecular formula is C14H11NO5S. The molecule has 2 rings (SSSR count). The number of carboxylic acid groups (broad SMARTS) is 1. The van der Waals surface area contributed by atoms with Crippen LogP contribution in [0, 0.1) is 10.1 Å². The Kier molecular flexibility index (Phi) is 4.44. The van der Waals surface area contributed by atoms with E-state index < -0.39 is 16.6 Å². The predicted molar refractivity (Wildman–Crippen MR) is 77.2 cm³/mol. The molecule has 7 heteroatoms. The summed E-state index contributed by atoms with van der Waals surface area (Å²) in [6.07, 6.45) is 0. The largest absolute Gasteiger partial charge is 0.497 e. The number of aromatic carboxylic acids is 1. The second-order valence-corrected chi connectivity index (χ2v) is 5.17. The molecule has 2 aromatic rings. The third-order valence-electron chi connectivity index (χ3n) is 2.67. The number of hydrogen-bond donors (Lipinski definition) is 1. The van der Waals surface area contributed by atoms with Gasteiger partial charge < -0.3 is 9.84 Å². The van der Waals surface area contributed by atoms with Crippen molar-refractivity contribution in [3.63, 3.8) is 0 Å². The van der Waals surface area contributed by atoms with Gasteiger partial charge in [0.15, 0.2) is 0 Å². The van der Waals surface area contributed by atoms with Crippen LogP contribution in [0.5, 0.6) is 5.75 Å². The van der Waals surface area contributed by atoms with Gasteiger partial charge in [-0.15, -0.1) is 0 Å². The highest BCUT2D eigenvalue weighted by molar-refractivity contribution is 7.99. The normalized spacial score (nSPS) is 10.1. The number of carbonyl (C=O) groups is 1. The summed E-state index contributed by atoms with van der Waals surface area (Å²) in [4.78, 5) is 22.6. The summed E-state index contributed by atoms with van der Waals surface area (Å²) in [5.41, 5.74) is -0.745. The average molecular weight is 305 g/mol. The first-order valence-electron chi connectivity index (χ1n) is 5.85. The number of benzene rings is 2. The first-order valence-corrected chi connectivity index (χ1v) is 6.66. The highest BCUT2D eigenvalue weighted by atomic mass is 32.2. The van der Waals surface area contributed by atoms with E-state index in [0.29, 0.717) is 10.6 Å². The van der Waals surface area contributed by atoms with Crippen molar-refractivity contribution in [2.75, 3.05) is 7.11 Å². The van der Waals surface area contributed by atoms with Crippen molar-refractivity contribution in [2.24, 2.45) is 0 Å². The predicted octanol–water partition coefficient (Wildman–Crippen LogP) is 3.45.